The number of nitrogens with zero attached hydrogens (tertiary/aromatic N) is 1. The Morgan fingerprint density at radius 1 is 1.16 bits per heavy atom. The molecule has 0 radical (unpaired) electrons. The zero-order chi connectivity index (χ0) is 27.2. The molecule has 4 N–H and O–H groups in total. The summed E-state index contributed by atoms with van der Waals surface area (Å²) >= 11 is 6.28. The quantitative estimate of drug-likeness (QED) is 0.344. The number of halogens is 3. The van der Waals surface area contributed by atoms with Crippen LogP contribution in [0.4, 0.5) is 14.5 Å². The third-order valence-electron chi connectivity index (χ3n) is 7.86. The van der Waals surface area contributed by atoms with Gasteiger partial charge in [0, 0.05) is 36.1 Å². The topological polar surface area (TPSA) is 132 Å². The van der Waals surface area contributed by atoms with Crippen molar-refractivity contribution in [2.24, 2.45) is 11.8 Å². The summed E-state index contributed by atoms with van der Waals surface area (Å²) in [5, 5.41) is 23.9. The number of H-pyrrole nitrogens is 1. The smallest absolute Gasteiger partial charge is 0.255 e. The van der Waals surface area contributed by atoms with Crippen LogP contribution in [0.5, 0.6) is 0 Å². The van der Waals surface area contributed by atoms with Crippen LogP contribution in [0.15, 0.2) is 53.7 Å². The number of hydrogen-bond donors (Lipinski definition) is 4. The van der Waals surface area contributed by atoms with Crippen molar-refractivity contribution >= 4 is 33.0 Å². The molecular weight excluding hydrogens is 540 g/mol. The lowest BCUT2D eigenvalue weighted by molar-refractivity contribution is -0.141. The molecule has 38 heavy (non-hydrogen) atoms. The Morgan fingerprint density at radius 3 is 2.50 bits per heavy atom. The van der Waals surface area contributed by atoms with Gasteiger partial charge in [-0.2, -0.15) is 0 Å². The number of fused-ring (bicyclic) bond motifs is 2. The Balaban J connectivity index is 1.36. The Bertz CT molecular complexity index is 1450. The minimum Gasteiger partial charge on any atom is -0.390 e. The van der Waals surface area contributed by atoms with Crippen molar-refractivity contribution in [3.8, 4) is 0 Å². The van der Waals surface area contributed by atoms with E-state index in [1.807, 2.05) is 0 Å². The number of aliphatic hydroxyl groups is 2. The predicted molar refractivity (Wildman–Crippen MR) is 135 cm³/mol. The second kappa shape index (κ2) is 10.0. The van der Waals surface area contributed by atoms with Crippen LogP contribution in [0.25, 0.3) is 0 Å². The molecule has 2 fully saturated rings. The summed E-state index contributed by atoms with van der Waals surface area (Å²) in [5.41, 5.74) is -1.46. The number of benzene rings is 2. The van der Waals surface area contributed by atoms with Gasteiger partial charge in [0.2, 0.25) is 0 Å². The average molecular weight is 566 g/mol. The van der Waals surface area contributed by atoms with Gasteiger partial charge in [0.1, 0.15) is 5.82 Å². The third kappa shape index (κ3) is 4.72. The highest BCUT2D eigenvalue weighted by Crippen LogP contribution is 2.53. The molecule has 5 atom stereocenters. The molecule has 2 aliphatic carbocycles. The minimum absolute atomic E-state index is 0.00417. The van der Waals surface area contributed by atoms with Gasteiger partial charge in [0.25, 0.3) is 5.91 Å². The summed E-state index contributed by atoms with van der Waals surface area (Å²) in [4.78, 5) is 19.5. The van der Waals surface area contributed by atoms with E-state index in [2.05, 4.69) is 15.3 Å². The van der Waals surface area contributed by atoms with E-state index in [4.69, 9.17) is 11.6 Å². The highest BCUT2D eigenvalue weighted by Gasteiger charge is 2.59. The number of nitrogens with one attached hydrogen (secondary N) is 2. The summed E-state index contributed by atoms with van der Waals surface area (Å²) in [5.74, 6) is -3.27. The van der Waals surface area contributed by atoms with Crippen LogP contribution < -0.4 is 5.32 Å². The van der Waals surface area contributed by atoms with Crippen molar-refractivity contribution < 1.29 is 32.2 Å². The lowest BCUT2D eigenvalue weighted by atomic mass is 9.70. The maximum absolute atomic E-state index is 13.7. The summed E-state index contributed by atoms with van der Waals surface area (Å²) in [6.07, 6.45) is 3.61. The fourth-order valence-corrected chi connectivity index (χ4v) is 8.32. The van der Waals surface area contributed by atoms with Crippen LogP contribution in [0.3, 0.4) is 0 Å². The van der Waals surface area contributed by atoms with E-state index in [1.54, 1.807) is 12.4 Å². The van der Waals surface area contributed by atoms with Gasteiger partial charge >= 0.3 is 0 Å². The lowest BCUT2D eigenvalue weighted by Crippen LogP contribution is -2.56. The van der Waals surface area contributed by atoms with Crippen LogP contribution in [0, 0.1) is 23.5 Å². The van der Waals surface area contributed by atoms with Gasteiger partial charge in [0.05, 0.1) is 26.9 Å². The van der Waals surface area contributed by atoms with Gasteiger partial charge in [-0.1, -0.05) is 11.6 Å². The van der Waals surface area contributed by atoms with E-state index in [0.717, 1.165) is 12.1 Å². The summed E-state index contributed by atoms with van der Waals surface area (Å²) in [6.45, 7) is 0. The molecule has 1 aromatic heterocycles. The lowest BCUT2D eigenvalue weighted by Gasteiger charge is -2.45. The minimum atomic E-state index is -4.02. The number of amides is 1. The standard InChI is InChI=1S/C26H26ClF2N3O5S/c27-19-5-1-14(25(34)32-17-4-6-20(28)21(29)12-17)9-22(19)38(36,37)18-10-15-2-3-16(11-18)26(15,35)23(33)13-24-30-7-8-31-24/h1,4-9,12,15-16,18,23,33,35H,2-3,10-11,13H2,(H,30,31)(H,32,34)/t15-,16+,18?,23?,26?. The van der Waals surface area contributed by atoms with Crippen molar-refractivity contribution in [2.45, 2.75) is 54.0 Å². The van der Waals surface area contributed by atoms with Crippen LogP contribution >= 0.6 is 11.6 Å². The predicted octanol–water partition coefficient (Wildman–Crippen LogP) is 3.89. The normalized spacial score (nSPS) is 25.8. The molecule has 2 saturated carbocycles. The van der Waals surface area contributed by atoms with Crippen LogP contribution in [-0.4, -0.2) is 51.5 Å². The van der Waals surface area contributed by atoms with Crippen molar-refractivity contribution in [3.63, 3.8) is 0 Å². The van der Waals surface area contributed by atoms with E-state index >= 15 is 0 Å². The van der Waals surface area contributed by atoms with Gasteiger partial charge in [-0.15, -0.1) is 0 Å². The largest absolute Gasteiger partial charge is 0.390 e. The molecule has 2 bridgehead atoms. The van der Waals surface area contributed by atoms with Gasteiger partial charge in [-0.05, 0) is 67.9 Å². The number of carbonyl (C=O) groups is 1. The van der Waals surface area contributed by atoms with Gasteiger partial charge in [-0.25, -0.2) is 22.2 Å². The number of aliphatic hydroxyl groups excluding tert-OH is 1. The molecule has 202 valence electrons. The average Bonchev–Trinajstić information content (AvgIpc) is 3.42. The first-order chi connectivity index (χ1) is 18.0. The second-order valence-corrected chi connectivity index (χ2v) is 12.6. The number of aromatic amines is 1. The molecule has 0 saturated heterocycles. The SMILES string of the molecule is O=C(Nc1ccc(F)c(F)c1)c1ccc(Cl)c(S(=O)(=O)C2C[C@H]3CC[C@@H](C2)C3(O)C(O)Cc2ncc[nH]2)c1. The Morgan fingerprint density at radius 2 is 1.87 bits per heavy atom. The van der Waals surface area contributed by atoms with Gasteiger partial charge < -0.3 is 20.5 Å². The summed E-state index contributed by atoms with van der Waals surface area (Å²) in [7, 11) is -4.02. The highest BCUT2D eigenvalue weighted by molar-refractivity contribution is 7.92. The maximum Gasteiger partial charge on any atom is 0.255 e. The molecule has 1 heterocycles. The molecule has 2 aromatic carbocycles. The molecule has 2 aliphatic rings. The van der Waals surface area contributed by atoms with Crippen LogP contribution in [0.1, 0.15) is 41.9 Å². The molecule has 0 aliphatic heterocycles. The fraction of sp³-hybridized carbons (Fsp3) is 0.385. The number of rotatable bonds is 7. The molecule has 0 spiro atoms. The Hall–Kier alpha value is -2.86. The van der Waals surface area contributed by atoms with Gasteiger partial charge in [-0.3, -0.25) is 4.79 Å². The number of imidazole rings is 1. The number of anilines is 1. The monoisotopic (exact) mass is 565 g/mol. The molecule has 3 unspecified atom stereocenters. The van der Waals surface area contributed by atoms with Gasteiger partial charge in [0.15, 0.2) is 21.5 Å². The Labute approximate surface area is 223 Å². The molecular formula is C26H26ClF2N3O5S. The van der Waals surface area contributed by atoms with Crippen LogP contribution in [-0.2, 0) is 16.3 Å². The van der Waals surface area contributed by atoms with E-state index in [9.17, 15) is 32.2 Å². The molecule has 8 nitrogen and oxygen atoms in total. The fourth-order valence-electron chi connectivity index (χ4n) is 5.92. The number of aromatic nitrogens is 2. The molecule has 5 rings (SSSR count). The van der Waals surface area contributed by atoms with E-state index in [1.165, 1.54) is 24.3 Å². The number of hydrogen-bond acceptors (Lipinski definition) is 6. The first-order valence-electron chi connectivity index (χ1n) is 12.2. The van der Waals surface area contributed by atoms with Crippen molar-refractivity contribution in [3.05, 3.63) is 76.8 Å². The summed E-state index contributed by atoms with van der Waals surface area (Å²) in [6, 6.07) is 6.68. The Kier molecular flexibility index (Phi) is 7.06. The van der Waals surface area contributed by atoms with Crippen molar-refractivity contribution in [1.29, 1.82) is 0 Å². The van der Waals surface area contributed by atoms with E-state index in [-0.39, 0.29) is 40.4 Å². The number of carbonyl (C=O) groups excluding carboxylic acids is 1. The van der Waals surface area contributed by atoms with Crippen molar-refractivity contribution in [2.75, 3.05) is 5.32 Å². The second-order valence-electron chi connectivity index (χ2n) is 9.98. The number of sulfone groups is 1. The zero-order valence-corrected chi connectivity index (χ0v) is 21.6. The van der Waals surface area contributed by atoms with E-state index in [0.29, 0.717) is 18.7 Å². The molecule has 12 heteroatoms. The van der Waals surface area contributed by atoms with Crippen molar-refractivity contribution in [1.82, 2.24) is 9.97 Å². The summed E-state index contributed by atoms with van der Waals surface area (Å²) < 4.78 is 54.1. The zero-order valence-electron chi connectivity index (χ0n) is 20.1. The van der Waals surface area contributed by atoms with Crippen LogP contribution in [0.2, 0.25) is 5.02 Å². The maximum atomic E-state index is 13.7. The molecule has 1 amide bonds. The highest BCUT2D eigenvalue weighted by atomic mass is 35.5. The first-order valence-corrected chi connectivity index (χ1v) is 14.1. The third-order valence-corrected chi connectivity index (χ3v) is 10.5. The first kappa shape index (κ1) is 26.7. The van der Waals surface area contributed by atoms with E-state index < -0.39 is 56.2 Å². The molecule has 3 aromatic rings.